The minimum Gasteiger partial charge on any atom is -0.494 e. The predicted molar refractivity (Wildman–Crippen MR) is 113 cm³/mol. The number of aromatic nitrogens is 6. The molecule has 4 aromatic rings. The highest BCUT2D eigenvalue weighted by molar-refractivity contribution is 5.89. The maximum atomic E-state index is 12.4. The Labute approximate surface area is 172 Å². The Morgan fingerprint density at radius 2 is 1.68 bits per heavy atom. The number of rotatable bonds is 2. The van der Waals surface area contributed by atoms with Crippen molar-refractivity contribution in [3.8, 4) is 5.88 Å². The normalized spacial score (nSPS) is 11.7. The van der Waals surface area contributed by atoms with Gasteiger partial charge in [0.2, 0.25) is 5.88 Å². The number of benzene rings is 1. The topological polar surface area (TPSA) is 157 Å². The lowest BCUT2D eigenvalue weighted by Crippen LogP contribution is -2.37. The van der Waals surface area contributed by atoms with E-state index in [0.29, 0.717) is 22.3 Å². The number of aromatic amines is 1. The van der Waals surface area contributed by atoms with Gasteiger partial charge in [-0.2, -0.15) is 0 Å². The smallest absolute Gasteiger partial charge is 0.332 e. The molecule has 0 amide bonds. The van der Waals surface area contributed by atoms with Gasteiger partial charge in [0.1, 0.15) is 5.56 Å². The first-order valence-corrected chi connectivity index (χ1v) is 9.04. The van der Waals surface area contributed by atoms with Crippen LogP contribution < -0.4 is 22.5 Å². The van der Waals surface area contributed by atoms with Crippen LogP contribution in [0.2, 0.25) is 0 Å². The lowest BCUT2D eigenvalue weighted by Gasteiger charge is -2.08. The van der Waals surface area contributed by atoms with E-state index in [1.54, 1.807) is 19.1 Å². The van der Waals surface area contributed by atoms with Crippen molar-refractivity contribution in [3.05, 3.63) is 64.9 Å². The largest absolute Gasteiger partial charge is 0.494 e. The number of aryl methyl sites for hydroxylation is 2. The molecule has 0 unspecified atom stereocenters. The van der Waals surface area contributed by atoms with Crippen molar-refractivity contribution in [3.63, 3.8) is 0 Å². The van der Waals surface area contributed by atoms with Gasteiger partial charge in [-0.15, -0.1) is 0 Å². The van der Waals surface area contributed by atoms with Crippen molar-refractivity contribution in [1.29, 1.82) is 0 Å². The molecule has 2 N–H and O–H groups in total. The molecule has 0 aliphatic rings. The van der Waals surface area contributed by atoms with Crippen LogP contribution in [0.1, 0.15) is 11.1 Å². The van der Waals surface area contributed by atoms with E-state index < -0.39 is 28.4 Å². The molecule has 0 aliphatic heterocycles. The average molecular weight is 423 g/mol. The average Bonchev–Trinajstić information content (AvgIpc) is 2.74. The van der Waals surface area contributed by atoms with Gasteiger partial charge in [0, 0.05) is 27.4 Å². The van der Waals surface area contributed by atoms with Crippen molar-refractivity contribution in [2.45, 2.75) is 6.92 Å². The van der Waals surface area contributed by atoms with E-state index in [1.807, 2.05) is 0 Å². The van der Waals surface area contributed by atoms with Crippen LogP contribution in [0.5, 0.6) is 5.88 Å². The second-order valence-electron chi connectivity index (χ2n) is 7.04. The molecule has 0 fully saturated rings. The van der Waals surface area contributed by atoms with Crippen LogP contribution >= 0.6 is 0 Å². The first-order chi connectivity index (χ1) is 14.6. The van der Waals surface area contributed by atoms with E-state index in [4.69, 9.17) is 0 Å². The van der Waals surface area contributed by atoms with Gasteiger partial charge in [-0.3, -0.25) is 33.3 Å². The molecule has 4 rings (SSSR count). The first kappa shape index (κ1) is 19.9. The lowest BCUT2D eigenvalue weighted by molar-refractivity contribution is 0.417. The molecule has 158 valence electrons. The highest BCUT2D eigenvalue weighted by Crippen LogP contribution is 2.25. The van der Waals surface area contributed by atoms with Crippen molar-refractivity contribution in [1.82, 2.24) is 28.7 Å². The van der Waals surface area contributed by atoms with Gasteiger partial charge in [0.05, 0.1) is 16.7 Å². The zero-order valence-electron chi connectivity index (χ0n) is 17.0. The number of hydrogen-bond acceptors (Lipinski definition) is 8. The maximum absolute atomic E-state index is 12.4. The van der Waals surface area contributed by atoms with Crippen LogP contribution in [-0.2, 0) is 21.1 Å². The van der Waals surface area contributed by atoms with Crippen molar-refractivity contribution in [2.75, 3.05) is 0 Å². The molecular formula is C19H17N7O5. The van der Waals surface area contributed by atoms with Crippen LogP contribution in [0.25, 0.3) is 22.2 Å². The second kappa shape index (κ2) is 6.86. The number of nitrogens with zero attached hydrogens (tertiary/aromatic N) is 6. The molecule has 31 heavy (non-hydrogen) atoms. The highest BCUT2D eigenvalue weighted by Gasteiger charge is 2.14. The van der Waals surface area contributed by atoms with E-state index >= 15 is 0 Å². The van der Waals surface area contributed by atoms with Crippen LogP contribution in [0, 0.1) is 6.92 Å². The summed E-state index contributed by atoms with van der Waals surface area (Å²) in [6.07, 6.45) is 1.14. The van der Waals surface area contributed by atoms with Gasteiger partial charge >= 0.3 is 11.4 Å². The number of fused-ring (bicyclic) bond motifs is 2. The summed E-state index contributed by atoms with van der Waals surface area (Å²) < 4.78 is 3.08. The molecule has 1 aromatic carbocycles. The predicted octanol–water partition coefficient (Wildman–Crippen LogP) is -0.668. The Kier molecular flexibility index (Phi) is 4.42. The molecule has 0 saturated heterocycles. The molecule has 0 saturated carbocycles. The summed E-state index contributed by atoms with van der Waals surface area (Å²) in [5.41, 5.74) is -0.688. The van der Waals surface area contributed by atoms with Crippen LogP contribution in [0.4, 0.5) is 5.69 Å². The lowest BCUT2D eigenvalue weighted by atomic mass is 10.1. The van der Waals surface area contributed by atoms with Crippen molar-refractivity contribution >= 4 is 34.1 Å². The molecule has 12 nitrogen and oxygen atoms in total. The summed E-state index contributed by atoms with van der Waals surface area (Å²) in [7, 11) is 4.17. The number of aromatic hydroxyl groups is 1. The maximum Gasteiger partial charge on any atom is 0.332 e. The number of H-pyrrole nitrogens is 1. The Balaban J connectivity index is 1.93. The molecule has 0 atom stereocenters. The van der Waals surface area contributed by atoms with E-state index in [2.05, 4.69) is 19.9 Å². The molecule has 3 heterocycles. The minimum absolute atomic E-state index is 0.0643. The third-order valence-corrected chi connectivity index (χ3v) is 5.02. The Hall–Kier alpha value is -4.35. The Bertz CT molecular complexity index is 1670. The van der Waals surface area contributed by atoms with E-state index in [9.17, 15) is 24.3 Å². The number of aliphatic imine (C=N–C) groups is 1. The summed E-state index contributed by atoms with van der Waals surface area (Å²) in [6.45, 7) is 1.75. The molecule has 0 radical (unpaired) electrons. The zero-order chi connectivity index (χ0) is 22.6. The van der Waals surface area contributed by atoms with E-state index in [0.717, 1.165) is 15.3 Å². The summed E-state index contributed by atoms with van der Waals surface area (Å²) in [5.74, 6) is -0.521. The molecule has 12 heteroatoms. The number of hydrogen-bond donors (Lipinski definition) is 2. The van der Waals surface area contributed by atoms with E-state index in [-0.39, 0.29) is 16.7 Å². The fourth-order valence-corrected chi connectivity index (χ4v) is 3.14. The summed E-state index contributed by atoms with van der Waals surface area (Å²) in [6, 6.07) is 3.26. The quantitative estimate of drug-likeness (QED) is 0.320. The second-order valence-corrected chi connectivity index (χ2v) is 7.04. The van der Waals surface area contributed by atoms with Crippen LogP contribution in [-0.4, -0.2) is 40.0 Å². The van der Waals surface area contributed by atoms with Gasteiger partial charge < -0.3 is 5.11 Å². The fourth-order valence-electron chi connectivity index (χ4n) is 3.14. The monoisotopic (exact) mass is 423 g/mol. The van der Waals surface area contributed by atoms with Crippen LogP contribution in [0.3, 0.4) is 0 Å². The molecule has 0 aliphatic carbocycles. The van der Waals surface area contributed by atoms with Gasteiger partial charge in [0.25, 0.3) is 11.1 Å². The summed E-state index contributed by atoms with van der Waals surface area (Å²) >= 11 is 0. The highest BCUT2D eigenvalue weighted by atomic mass is 16.3. The zero-order valence-corrected chi connectivity index (χ0v) is 17.0. The Morgan fingerprint density at radius 3 is 2.39 bits per heavy atom. The molecule has 3 aromatic heterocycles. The SMILES string of the molecule is Cc1cc2nc3c(=O)n(C)c(=O)n(C)c3nc2cc1N=Cc1c(O)n(C)c(=O)[nH]c1=O. The third kappa shape index (κ3) is 3.04. The fraction of sp³-hybridized carbons (Fsp3) is 0.211. The van der Waals surface area contributed by atoms with E-state index in [1.165, 1.54) is 25.7 Å². The minimum atomic E-state index is -0.778. The summed E-state index contributed by atoms with van der Waals surface area (Å²) in [4.78, 5) is 63.2. The summed E-state index contributed by atoms with van der Waals surface area (Å²) in [5, 5.41) is 10.1. The molecule has 0 bridgehead atoms. The van der Waals surface area contributed by atoms with Crippen LogP contribution in [0.15, 0.2) is 36.3 Å². The first-order valence-electron chi connectivity index (χ1n) is 9.04. The van der Waals surface area contributed by atoms with Crippen molar-refractivity contribution in [2.24, 2.45) is 26.1 Å². The number of nitrogens with one attached hydrogen (secondary N) is 1. The molecular weight excluding hydrogens is 406 g/mol. The van der Waals surface area contributed by atoms with Gasteiger partial charge in [0.15, 0.2) is 11.2 Å². The third-order valence-electron chi connectivity index (χ3n) is 5.02. The van der Waals surface area contributed by atoms with Crippen molar-refractivity contribution < 1.29 is 5.11 Å². The van der Waals surface area contributed by atoms with Gasteiger partial charge in [-0.25, -0.2) is 19.6 Å². The van der Waals surface area contributed by atoms with Gasteiger partial charge in [-0.1, -0.05) is 0 Å². The standard InChI is InChI=1S/C19H17N7O5/c1-8-5-11-12(22-14-13(21-11)17(29)26(4)19(31)24(14)2)6-10(8)20-7-9-15(27)23-18(30)25(3)16(9)28/h5-7,28H,1-4H3,(H,23,27,30). The Morgan fingerprint density at radius 1 is 1.00 bits per heavy atom. The van der Waals surface area contributed by atoms with Gasteiger partial charge in [-0.05, 0) is 24.6 Å². The molecule has 0 spiro atoms.